The predicted molar refractivity (Wildman–Crippen MR) is 298 cm³/mol. The number of unbranched alkanes of at least 4 members (excludes halogenated alkanes) is 33. The van der Waals surface area contributed by atoms with Gasteiger partial charge in [-0.2, -0.15) is 0 Å². The number of hydrogen-bond acceptors (Lipinski definition) is 10. The molecule has 0 spiro atoms. The summed E-state index contributed by atoms with van der Waals surface area (Å²) in [7, 11) is -4.75. The third-order valence-corrected chi connectivity index (χ3v) is 14.0. The SMILES string of the molecule is CC/C=C\C/C=C\C/C=C\CCCCCC(=O)OC(CO)COP(=O)(O)OCC(COC(=O)CCCCCCCCCCCCCCCCC)OC(=O)CCCCCCCCCCCCCCCCCCC. The van der Waals surface area contributed by atoms with Gasteiger partial charge < -0.3 is 24.2 Å². The highest BCUT2D eigenvalue weighted by Gasteiger charge is 2.28. The van der Waals surface area contributed by atoms with Crippen LogP contribution in [-0.2, 0) is 42.2 Å². The van der Waals surface area contributed by atoms with Crippen LogP contribution in [0.3, 0.4) is 0 Å². The molecule has 0 heterocycles. The Bertz CT molecular complexity index is 1350. The van der Waals surface area contributed by atoms with E-state index < -0.39 is 57.8 Å². The van der Waals surface area contributed by atoms with E-state index in [2.05, 4.69) is 57.2 Å². The van der Waals surface area contributed by atoms with E-state index in [1.54, 1.807) is 0 Å². The molecule has 0 rings (SSSR count). The topological polar surface area (TPSA) is 155 Å². The van der Waals surface area contributed by atoms with Crippen LogP contribution in [0.2, 0.25) is 0 Å². The molecule has 72 heavy (non-hydrogen) atoms. The van der Waals surface area contributed by atoms with Crippen LogP contribution >= 0.6 is 7.82 Å². The molecule has 2 N–H and O–H groups in total. The Morgan fingerprint density at radius 2 is 0.722 bits per heavy atom. The molecule has 0 aliphatic heterocycles. The molecule has 3 atom stereocenters. The van der Waals surface area contributed by atoms with Crippen LogP contribution < -0.4 is 0 Å². The molecule has 422 valence electrons. The van der Waals surface area contributed by atoms with E-state index >= 15 is 0 Å². The Balaban J connectivity index is 4.70. The molecule has 0 saturated heterocycles. The summed E-state index contributed by atoms with van der Waals surface area (Å²) in [5.41, 5.74) is 0. The molecule has 11 nitrogen and oxygen atoms in total. The molecule has 3 unspecified atom stereocenters. The van der Waals surface area contributed by atoms with E-state index in [4.69, 9.17) is 23.3 Å². The number of esters is 3. The van der Waals surface area contributed by atoms with Crippen molar-refractivity contribution in [2.24, 2.45) is 0 Å². The van der Waals surface area contributed by atoms with E-state index in [1.165, 1.54) is 154 Å². The van der Waals surface area contributed by atoms with Crippen molar-refractivity contribution < 1.29 is 52.2 Å². The number of aliphatic hydroxyl groups excluding tert-OH is 1. The zero-order valence-electron chi connectivity index (χ0n) is 46.7. The molecular formula is C60H111O11P. The van der Waals surface area contributed by atoms with Crippen LogP contribution in [0.4, 0.5) is 0 Å². The van der Waals surface area contributed by atoms with Gasteiger partial charge in [-0.3, -0.25) is 23.4 Å². The predicted octanol–water partition coefficient (Wildman–Crippen LogP) is 17.6. The minimum atomic E-state index is -4.75. The van der Waals surface area contributed by atoms with E-state index in [0.29, 0.717) is 19.3 Å². The first kappa shape index (κ1) is 69.7. The summed E-state index contributed by atoms with van der Waals surface area (Å²) in [6.45, 7) is 4.55. The Kier molecular flexibility index (Phi) is 53.2. The van der Waals surface area contributed by atoms with Gasteiger partial charge in [-0.05, 0) is 51.4 Å². The fraction of sp³-hybridized carbons (Fsp3) is 0.850. The monoisotopic (exact) mass is 1040 g/mol. The molecule has 0 bridgehead atoms. The molecular weight excluding hydrogens is 928 g/mol. The summed E-state index contributed by atoms with van der Waals surface area (Å²) in [6.07, 6.45) is 56.7. The van der Waals surface area contributed by atoms with Gasteiger partial charge in [-0.1, -0.05) is 256 Å². The summed E-state index contributed by atoms with van der Waals surface area (Å²) >= 11 is 0. The molecule has 0 saturated carbocycles. The lowest BCUT2D eigenvalue weighted by atomic mass is 10.0. The zero-order valence-corrected chi connectivity index (χ0v) is 47.6. The number of aliphatic hydroxyl groups is 1. The van der Waals surface area contributed by atoms with Crippen molar-refractivity contribution in [3.63, 3.8) is 0 Å². The summed E-state index contributed by atoms with van der Waals surface area (Å²) in [4.78, 5) is 48.5. The maximum atomic E-state index is 12.9. The number of rotatable bonds is 56. The molecule has 0 aliphatic carbocycles. The molecule has 12 heteroatoms. The van der Waals surface area contributed by atoms with Gasteiger partial charge in [0.2, 0.25) is 0 Å². The molecule has 0 radical (unpaired) electrons. The zero-order chi connectivity index (χ0) is 52.7. The standard InChI is InChI=1S/C60H111O11P/c1-4-7-10-13-16-19-22-25-27-28-30-33-36-39-42-45-48-51-60(64)71-57(53-67-58(62)49-46-43-40-37-34-32-29-26-23-20-17-14-11-8-5-2)55-69-72(65,66)68-54-56(52-61)70-59(63)50-47-44-41-38-35-31-24-21-18-15-12-9-6-3/h9,12,18,21,31,35,56-57,61H,4-8,10-11,13-17,19-20,22-30,32-34,36-55H2,1-3H3,(H,65,66)/b12-9-,21-18-,35-31-. The van der Waals surface area contributed by atoms with Crippen LogP contribution in [0, 0.1) is 0 Å². The minimum absolute atomic E-state index is 0.145. The van der Waals surface area contributed by atoms with Gasteiger partial charge in [-0.25, -0.2) is 4.57 Å². The van der Waals surface area contributed by atoms with Crippen LogP contribution in [0.15, 0.2) is 36.5 Å². The lowest BCUT2D eigenvalue weighted by Crippen LogP contribution is -2.30. The van der Waals surface area contributed by atoms with Crippen LogP contribution in [0.1, 0.15) is 290 Å². The van der Waals surface area contributed by atoms with Gasteiger partial charge in [0.15, 0.2) is 6.10 Å². The Morgan fingerprint density at radius 3 is 1.11 bits per heavy atom. The van der Waals surface area contributed by atoms with Gasteiger partial charge in [0.05, 0.1) is 19.8 Å². The normalized spacial score (nSPS) is 13.6. The van der Waals surface area contributed by atoms with E-state index in [-0.39, 0.29) is 25.9 Å². The highest BCUT2D eigenvalue weighted by molar-refractivity contribution is 7.47. The number of hydrogen-bond donors (Lipinski definition) is 2. The summed E-state index contributed by atoms with van der Waals surface area (Å²) in [6, 6.07) is 0. The minimum Gasteiger partial charge on any atom is -0.462 e. The smallest absolute Gasteiger partial charge is 0.462 e. The molecule has 0 aliphatic rings. The summed E-state index contributed by atoms with van der Waals surface area (Å²) in [5.74, 6) is -1.47. The average molecular weight is 1040 g/mol. The van der Waals surface area contributed by atoms with Crippen LogP contribution in [0.25, 0.3) is 0 Å². The summed E-state index contributed by atoms with van der Waals surface area (Å²) in [5, 5.41) is 9.80. The first-order valence-corrected chi connectivity index (χ1v) is 31.4. The second kappa shape index (κ2) is 54.9. The lowest BCUT2D eigenvalue weighted by Gasteiger charge is -2.21. The molecule has 0 aromatic carbocycles. The molecule has 0 amide bonds. The van der Waals surface area contributed by atoms with E-state index in [9.17, 15) is 28.9 Å². The van der Waals surface area contributed by atoms with Crippen LogP contribution in [0.5, 0.6) is 0 Å². The third kappa shape index (κ3) is 52.6. The number of carbonyl (C=O) groups is 3. The number of carbonyl (C=O) groups excluding carboxylic acids is 3. The van der Waals surface area contributed by atoms with Crippen LogP contribution in [-0.4, -0.2) is 66.5 Å². The van der Waals surface area contributed by atoms with Gasteiger partial charge in [-0.15, -0.1) is 0 Å². The lowest BCUT2D eigenvalue weighted by molar-refractivity contribution is -0.161. The molecule has 0 aromatic heterocycles. The summed E-state index contributed by atoms with van der Waals surface area (Å²) < 4.78 is 39.5. The van der Waals surface area contributed by atoms with Crippen molar-refractivity contribution in [1.82, 2.24) is 0 Å². The van der Waals surface area contributed by atoms with Crippen molar-refractivity contribution in [3.8, 4) is 0 Å². The maximum absolute atomic E-state index is 12.9. The van der Waals surface area contributed by atoms with Gasteiger partial charge >= 0.3 is 25.7 Å². The Morgan fingerprint density at radius 1 is 0.403 bits per heavy atom. The first-order chi connectivity index (χ1) is 35.2. The second-order valence-electron chi connectivity index (χ2n) is 20.1. The van der Waals surface area contributed by atoms with Crippen molar-refractivity contribution in [3.05, 3.63) is 36.5 Å². The number of phosphoric acid groups is 1. The second-order valence-corrected chi connectivity index (χ2v) is 21.6. The number of ether oxygens (including phenoxy) is 3. The van der Waals surface area contributed by atoms with E-state index in [1.807, 2.05) is 0 Å². The highest BCUT2D eigenvalue weighted by Crippen LogP contribution is 2.43. The van der Waals surface area contributed by atoms with Gasteiger partial charge in [0.25, 0.3) is 0 Å². The largest absolute Gasteiger partial charge is 0.472 e. The van der Waals surface area contributed by atoms with E-state index in [0.717, 1.165) is 77.0 Å². The number of phosphoric ester groups is 1. The van der Waals surface area contributed by atoms with Crippen molar-refractivity contribution in [1.29, 1.82) is 0 Å². The van der Waals surface area contributed by atoms with Gasteiger partial charge in [0.1, 0.15) is 12.7 Å². The Labute approximate surface area is 441 Å². The first-order valence-electron chi connectivity index (χ1n) is 29.9. The maximum Gasteiger partial charge on any atom is 0.472 e. The quantitative estimate of drug-likeness (QED) is 0.0197. The van der Waals surface area contributed by atoms with Gasteiger partial charge in [0, 0.05) is 19.3 Å². The fourth-order valence-corrected chi connectivity index (χ4v) is 9.33. The van der Waals surface area contributed by atoms with Crippen molar-refractivity contribution in [2.75, 3.05) is 26.4 Å². The van der Waals surface area contributed by atoms with Crippen molar-refractivity contribution in [2.45, 2.75) is 303 Å². The molecule has 0 aromatic rings. The fourth-order valence-electron chi connectivity index (χ4n) is 8.55. The molecule has 0 fully saturated rings. The number of allylic oxidation sites excluding steroid dienone is 6. The third-order valence-electron chi connectivity index (χ3n) is 13.1. The highest BCUT2D eigenvalue weighted by atomic mass is 31.2. The Hall–Kier alpha value is -2.30. The van der Waals surface area contributed by atoms with Crippen molar-refractivity contribution >= 4 is 25.7 Å². The average Bonchev–Trinajstić information content (AvgIpc) is 3.37.